The van der Waals surface area contributed by atoms with Crippen molar-refractivity contribution in [2.24, 2.45) is 0 Å². The van der Waals surface area contributed by atoms with Crippen LogP contribution in [0, 0.1) is 0 Å². The Morgan fingerprint density at radius 1 is 1.19 bits per heavy atom. The Morgan fingerprint density at radius 3 is 2.90 bits per heavy atom. The van der Waals surface area contributed by atoms with Gasteiger partial charge < -0.3 is 14.8 Å². The second-order valence-electron chi connectivity index (χ2n) is 5.59. The molecule has 2 atom stereocenters. The van der Waals surface area contributed by atoms with Crippen molar-refractivity contribution in [2.45, 2.75) is 31.9 Å². The van der Waals surface area contributed by atoms with Gasteiger partial charge in [0, 0.05) is 12.6 Å². The summed E-state index contributed by atoms with van der Waals surface area (Å²) in [4.78, 5) is 0. The quantitative estimate of drug-likeness (QED) is 0.913. The molecular formula is C18H23NO2. The predicted molar refractivity (Wildman–Crippen MR) is 85.9 cm³/mol. The van der Waals surface area contributed by atoms with Gasteiger partial charge in [0.05, 0.1) is 6.61 Å². The molecule has 0 amide bonds. The normalized spacial score (nSPS) is 22.3. The minimum atomic E-state index is 0.0893. The molecule has 1 aliphatic rings. The highest BCUT2D eigenvalue weighted by molar-refractivity contribution is 5.83. The molecule has 0 spiro atoms. The number of benzene rings is 2. The van der Waals surface area contributed by atoms with Crippen molar-refractivity contribution in [3.8, 4) is 5.75 Å². The number of fused-ring (bicyclic) bond motifs is 1. The zero-order valence-corrected chi connectivity index (χ0v) is 12.5. The van der Waals surface area contributed by atoms with Gasteiger partial charge in [0.15, 0.2) is 0 Å². The van der Waals surface area contributed by atoms with Gasteiger partial charge in [-0.1, -0.05) is 37.3 Å². The van der Waals surface area contributed by atoms with E-state index in [9.17, 15) is 0 Å². The smallest absolute Gasteiger partial charge is 0.137 e. The topological polar surface area (TPSA) is 30.5 Å². The number of ether oxygens (including phenoxy) is 2. The summed E-state index contributed by atoms with van der Waals surface area (Å²) in [6.07, 6.45) is 2.24. The molecular weight excluding hydrogens is 262 g/mol. The van der Waals surface area contributed by atoms with Crippen LogP contribution in [0.25, 0.3) is 10.8 Å². The first kappa shape index (κ1) is 14.4. The molecule has 3 heteroatoms. The first-order valence-corrected chi connectivity index (χ1v) is 7.83. The van der Waals surface area contributed by atoms with Crippen molar-refractivity contribution < 1.29 is 9.47 Å². The Morgan fingerprint density at radius 2 is 2.05 bits per heavy atom. The Balaban J connectivity index is 1.72. The van der Waals surface area contributed by atoms with Gasteiger partial charge in [-0.3, -0.25) is 0 Å². The van der Waals surface area contributed by atoms with Crippen LogP contribution in [0.4, 0.5) is 0 Å². The van der Waals surface area contributed by atoms with Crippen molar-refractivity contribution in [3.63, 3.8) is 0 Å². The minimum Gasteiger partial charge on any atom is -0.486 e. The lowest BCUT2D eigenvalue weighted by molar-refractivity contribution is -0.0145. The highest BCUT2D eigenvalue weighted by Crippen LogP contribution is 2.23. The third-order valence-electron chi connectivity index (χ3n) is 3.97. The summed E-state index contributed by atoms with van der Waals surface area (Å²) >= 11 is 0. The van der Waals surface area contributed by atoms with E-state index < -0.39 is 0 Å². The van der Waals surface area contributed by atoms with Crippen LogP contribution in [0.3, 0.4) is 0 Å². The largest absolute Gasteiger partial charge is 0.486 e. The summed E-state index contributed by atoms with van der Waals surface area (Å²) in [5.74, 6) is 0.924. The average Bonchev–Trinajstić information content (AvgIpc) is 2.54. The first-order valence-electron chi connectivity index (χ1n) is 7.83. The molecule has 0 aliphatic carbocycles. The summed E-state index contributed by atoms with van der Waals surface area (Å²) < 4.78 is 11.8. The Hall–Kier alpha value is -1.58. The molecule has 0 saturated carbocycles. The molecule has 0 bridgehead atoms. The number of hydrogen-bond acceptors (Lipinski definition) is 3. The molecule has 0 radical (unpaired) electrons. The molecule has 1 heterocycles. The van der Waals surface area contributed by atoms with Crippen molar-refractivity contribution in [1.82, 2.24) is 5.32 Å². The maximum Gasteiger partial charge on any atom is 0.137 e. The van der Waals surface area contributed by atoms with E-state index in [4.69, 9.17) is 9.47 Å². The fourth-order valence-corrected chi connectivity index (χ4v) is 2.81. The van der Waals surface area contributed by atoms with Gasteiger partial charge in [-0.05, 0) is 42.3 Å². The molecule has 2 unspecified atom stereocenters. The third kappa shape index (κ3) is 3.55. The van der Waals surface area contributed by atoms with Crippen LogP contribution in [0.1, 0.15) is 19.8 Å². The molecule has 1 aliphatic heterocycles. The van der Waals surface area contributed by atoms with Crippen molar-refractivity contribution in [3.05, 3.63) is 42.5 Å². The first-order chi connectivity index (χ1) is 10.4. The summed E-state index contributed by atoms with van der Waals surface area (Å²) in [5, 5.41) is 6.03. The van der Waals surface area contributed by atoms with Gasteiger partial charge in [-0.15, -0.1) is 0 Å². The van der Waals surface area contributed by atoms with Gasteiger partial charge in [-0.2, -0.15) is 0 Å². The van der Waals surface area contributed by atoms with E-state index >= 15 is 0 Å². The van der Waals surface area contributed by atoms with E-state index in [0.29, 0.717) is 12.6 Å². The van der Waals surface area contributed by atoms with E-state index in [-0.39, 0.29) is 6.10 Å². The van der Waals surface area contributed by atoms with E-state index in [0.717, 1.165) is 31.7 Å². The van der Waals surface area contributed by atoms with Gasteiger partial charge >= 0.3 is 0 Å². The minimum absolute atomic E-state index is 0.0893. The Kier molecular flexibility index (Phi) is 4.73. The maximum atomic E-state index is 6.19. The number of nitrogens with one attached hydrogen (secondary N) is 1. The van der Waals surface area contributed by atoms with Crippen LogP contribution in [-0.2, 0) is 4.74 Å². The molecule has 3 nitrogen and oxygen atoms in total. The Labute approximate surface area is 126 Å². The Bertz CT molecular complexity index is 584. The van der Waals surface area contributed by atoms with Crippen LogP contribution >= 0.6 is 0 Å². The summed E-state index contributed by atoms with van der Waals surface area (Å²) in [5.41, 5.74) is 0. The van der Waals surface area contributed by atoms with Gasteiger partial charge in [0.1, 0.15) is 11.9 Å². The van der Waals surface area contributed by atoms with Crippen molar-refractivity contribution in [2.75, 3.05) is 19.8 Å². The molecule has 1 saturated heterocycles. The third-order valence-corrected chi connectivity index (χ3v) is 3.97. The van der Waals surface area contributed by atoms with Gasteiger partial charge in [0.25, 0.3) is 0 Å². The van der Waals surface area contributed by atoms with Gasteiger partial charge in [0.2, 0.25) is 0 Å². The standard InChI is InChI=1S/C18H23NO2/c1-2-10-19-17-9-11-20-13-18(17)21-16-8-7-14-5-3-4-6-15(14)12-16/h3-8,12,17-19H,2,9-11,13H2,1H3. The van der Waals surface area contributed by atoms with E-state index in [1.54, 1.807) is 0 Å². The van der Waals surface area contributed by atoms with Crippen molar-refractivity contribution >= 4 is 10.8 Å². The fourth-order valence-electron chi connectivity index (χ4n) is 2.81. The fraction of sp³-hybridized carbons (Fsp3) is 0.444. The summed E-state index contributed by atoms with van der Waals surface area (Å²) in [7, 11) is 0. The predicted octanol–water partition coefficient (Wildman–Crippen LogP) is 3.38. The lowest BCUT2D eigenvalue weighted by Crippen LogP contribution is -2.49. The van der Waals surface area contributed by atoms with E-state index in [1.165, 1.54) is 10.8 Å². The van der Waals surface area contributed by atoms with E-state index in [1.807, 2.05) is 6.07 Å². The number of hydrogen-bond donors (Lipinski definition) is 1. The molecule has 112 valence electrons. The molecule has 3 rings (SSSR count). The van der Waals surface area contributed by atoms with Gasteiger partial charge in [-0.25, -0.2) is 0 Å². The molecule has 2 aromatic rings. The highest BCUT2D eigenvalue weighted by atomic mass is 16.5. The molecule has 1 fully saturated rings. The monoisotopic (exact) mass is 285 g/mol. The average molecular weight is 285 g/mol. The lowest BCUT2D eigenvalue weighted by Gasteiger charge is -2.32. The second kappa shape index (κ2) is 6.92. The lowest BCUT2D eigenvalue weighted by atomic mass is 10.1. The van der Waals surface area contributed by atoms with Crippen molar-refractivity contribution in [1.29, 1.82) is 0 Å². The molecule has 2 aromatic carbocycles. The zero-order chi connectivity index (χ0) is 14.5. The molecule has 0 aromatic heterocycles. The molecule has 1 N–H and O–H groups in total. The second-order valence-corrected chi connectivity index (χ2v) is 5.59. The van der Waals surface area contributed by atoms with Crippen LogP contribution in [0.15, 0.2) is 42.5 Å². The van der Waals surface area contributed by atoms with Crippen LogP contribution in [-0.4, -0.2) is 31.9 Å². The number of rotatable bonds is 5. The zero-order valence-electron chi connectivity index (χ0n) is 12.5. The summed E-state index contributed by atoms with van der Waals surface area (Å²) in [6.45, 7) is 4.70. The molecule has 21 heavy (non-hydrogen) atoms. The van der Waals surface area contributed by atoms with Crippen LogP contribution < -0.4 is 10.1 Å². The van der Waals surface area contributed by atoms with E-state index in [2.05, 4.69) is 48.6 Å². The SMILES string of the molecule is CCCNC1CCOCC1Oc1ccc2ccccc2c1. The highest BCUT2D eigenvalue weighted by Gasteiger charge is 2.26. The maximum absolute atomic E-state index is 6.19. The van der Waals surface area contributed by atoms with Crippen LogP contribution in [0.2, 0.25) is 0 Å². The summed E-state index contributed by atoms with van der Waals surface area (Å²) in [6, 6.07) is 15.0. The van der Waals surface area contributed by atoms with Crippen LogP contribution in [0.5, 0.6) is 5.75 Å².